The fraction of sp³-hybridized carbons (Fsp3) is 0.240. The molecule has 0 radical (unpaired) electrons. The van der Waals surface area contributed by atoms with Gasteiger partial charge in [-0.3, -0.25) is 0 Å². The zero-order valence-electron chi connectivity index (χ0n) is 18.9. The number of carbonyl (C=O) groups is 1. The molecule has 1 N–H and O–H groups in total. The van der Waals surface area contributed by atoms with E-state index in [1.165, 1.54) is 19.2 Å². The molecule has 0 bridgehead atoms. The Morgan fingerprint density at radius 3 is 2.21 bits per heavy atom. The van der Waals surface area contributed by atoms with Crippen LogP contribution in [-0.2, 0) is 16.7 Å². The van der Waals surface area contributed by atoms with Crippen LogP contribution in [0.5, 0.6) is 17.2 Å². The van der Waals surface area contributed by atoms with Gasteiger partial charge in [0.25, 0.3) is 0 Å². The lowest BCUT2D eigenvalue weighted by Crippen LogP contribution is -2.36. The molecular weight excluding hydrogens is 456 g/mol. The minimum absolute atomic E-state index is 0.0102. The van der Waals surface area contributed by atoms with Gasteiger partial charge in [-0.25, -0.2) is 4.79 Å². The molecule has 4 rings (SSSR count). The second kappa shape index (κ2) is 10.0. The lowest BCUT2D eigenvalue weighted by molar-refractivity contribution is 0.205. The second-order valence-corrected chi connectivity index (χ2v) is 9.36. The first-order valence-corrected chi connectivity index (χ1v) is 12.2. The molecule has 0 saturated heterocycles. The second-order valence-electron chi connectivity index (χ2n) is 7.81. The van der Waals surface area contributed by atoms with E-state index in [2.05, 4.69) is 5.32 Å². The summed E-state index contributed by atoms with van der Waals surface area (Å²) in [4.78, 5) is 14.8. The molecule has 2 amide bonds. The number of methoxy groups -OCH3 is 2. The van der Waals surface area contributed by atoms with Gasteiger partial charge in [0.15, 0.2) is 0 Å². The minimum atomic E-state index is -4.07. The number of benzene rings is 3. The lowest BCUT2D eigenvalue weighted by Gasteiger charge is -2.24. The van der Waals surface area contributed by atoms with E-state index in [-0.39, 0.29) is 29.3 Å². The molecule has 8 nitrogen and oxygen atoms in total. The summed E-state index contributed by atoms with van der Waals surface area (Å²) in [5.74, 6) is 1.27. The van der Waals surface area contributed by atoms with Crippen LogP contribution in [0.3, 0.4) is 0 Å². The maximum Gasteiger partial charge on any atom is 0.339 e. The monoisotopic (exact) mass is 482 g/mol. The van der Waals surface area contributed by atoms with Crippen molar-refractivity contribution in [3.8, 4) is 17.2 Å². The molecule has 0 spiro atoms. The number of rotatable bonds is 9. The highest BCUT2D eigenvalue weighted by Crippen LogP contribution is 2.33. The Bertz CT molecular complexity index is 1260. The van der Waals surface area contributed by atoms with Crippen molar-refractivity contribution in [2.45, 2.75) is 30.3 Å². The Labute approximate surface area is 199 Å². The molecule has 0 aromatic heterocycles. The number of hydrogen-bond donors (Lipinski definition) is 1. The number of nitrogens with one attached hydrogen (secondary N) is 1. The van der Waals surface area contributed by atoms with Gasteiger partial charge in [0, 0.05) is 11.6 Å². The third kappa shape index (κ3) is 5.43. The van der Waals surface area contributed by atoms with Crippen LogP contribution in [0.15, 0.2) is 77.7 Å². The average Bonchev–Trinajstić information content (AvgIpc) is 3.69. The fourth-order valence-electron chi connectivity index (χ4n) is 3.50. The molecule has 1 aliphatic carbocycles. The van der Waals surface area contributed by atoms with E-state index in [9.17, 15) is 13.2 Å². The Balaban J connectivity index is 1.54. The number of anilines is 1. The van der Waals surface area contributed by atoms with E-state index < -0.39 is 10.1 Å². The van der Waals surface area contributed by atoms with Crippen molar-refractivity contribution in [2.24, 2.45) is 0 Å². The van der Waals surface area contributed by atoms with Crippen molar-refractivity contribution < 1.29 is 26.9 Å². The highest BCUT2D eigenvalue weighted by Gasteiger charge is 2.34. The van der Waals surface area contributed by atoms with Gasteiger partial charge in [-0.2, -0.15) is 8.42 Å². The maximum absolute atomic E-state index is 13.1. The lowest BCUT2D eigenvalue weighted by atomic mass is 10.2. The first-order chi connectivity index (χ1) is 16.4. The van der Waals surface area contributed by atoms with Gasteiger partial charge in [-0.15, -0.1) is 0 Å². The Hall–Kier alpha value is -3.72. The number of urea groups is 1. The van der Waals surface area contributed by atoms with Crippen molar-refractivity contribution >= 4 is 21.8 Å². The Morgan fingerprint density at radius 1 is 0.912 bits per heavy atom. The molecule has 3 aromatic carbocycles. The smallest absolute Gasteiger partial charge is 0.339 e. The number of carbonyl (C=O) groups excluding carboxylic acids is 1. The number of amides is 2. The molecule has 3 aromatic rings. The molecule has 9 heteroatoms. The third-order valence-electron chi connectivity index (χ3n) is 5.46. The van der Waals surface area contributed by atoms with Gasteiger partial charge in [0.2, 0.25) is 0 Å². The summed E-state index contributed by atoms with van der Waals surface area (Å²) in [6, 6.07) is 19.7. The topological polar surface area (TPSA) is 94.2 Å². The zero-order chi connectivity index (χ0) is 24.1. The van der Waals surface area contributed by atoms with E-state index in [4.69, 9.17) is 13.7 Å². The van der Waals surface area contributed by atoms with Crippen LogP contribution < -0.4 is 19.0 Å². The Morgan fingerprint density at radius 2 is 1.56 bits per heavy atom. The largest absolute Gasteiger partial charge is 0.497 e. The van der Waals surface area contributed by atoms with Gasteiger partial charge in [0.1, 0.15) is 22.1 Å². The van der Waals surface area contributed by atoms with Crippen molar-refractivity contribution in [2.75, 3.05) is 19.5 Å². The van der Waals surface area contributed by atoms with Crippen LogP contribution in [0.2, 0.25) is 0 Å². The van der Waals surface area contributed by atoms with Crippen molar-refractivity contribution in [1.29, 1.82) is 0 Å². The molecule has 1 saturated carbocycles. The highest BCUT2D eigenvalue weighted by atomic mass is 32.2. The number of ether oxygens (including phenoxy) is 2. The highest BCUT2D eigenvalue weighted by molar-refractivity contribution is 7.87. The Kier molecular flexibility index (Phi) is 6.93. The first kappa shape index (κ1) is 23.4. The van der Waals surface area contributed by atoms with E-state index in [1.807, 2.05) is 12.1 Å². The van der Waals surface area contributed by atoms with Crippen LogP contribution >= 0.6 is 0 Å². The standard InChI is InChI=1S/C25H26N2O6S/c1-31-20-13-15-21(16-14-20)34(29,30)33-23-9-5-3-7-18(23)17-27(19-11-12-19)25(28)26-22-8-4-6-10-24(22)32-2/h3-10,13-16,19H,11-12,17H2,1-2H3,(H,26,28). The molecule has 178 valence electrons. The molecule has 0 atom stereocenters. The molecule has 0 aliphatic heterocycles. The summed E-state index contributed by atoms with van der Waals surface area (Å²) >= 11 is 0. The predicted molar refractivity (Wildman–Crippen MR) is 128 cm³/mol. The van der Waals surface area contributed by atoms with Crippen LogP contribution in [0, 0.1) is 0 Å². The summed E-state index contributed by atoms with van der Waals surface area (Å²) in [7, 11) is -1.02. The molecule has 1 fully saturated rings. The van der Waals surface area contributed by atoms with E-state index in [0.717, 1.165) is 12.8 Å². The van der Waals surface area contributed by atoms with Crippen LogP contribution in [0.1, 0.15) is 18.4 Å². The van der Waals surface area contributed by atoms with Crippen LogP contribution in [-0.4, -0.2) is 39.6 Å². The first-order valence-electron chi connectivity index (χ1n) is 10.8. The molecule has 0 heterocycles. The summed E-state index contributed by atoms with van der Waals surface area (Å²) in [5.41, 5.74) is 1.15. The summed E-state index contributed by atoms with van der Waals surface area (Å²) in [5, 5.41) is 2.90. The van der Waals surface area contributed by atoms with Gasteiger partial charge < -0.3 is 23.9 Å². The third-order valence-corrected chi connectivity index (χ3v) is 6.71. The summed E-state index contributed by atoms with van der Waals surface area (Å²) in [6.07, 6.45) is 1.76. The SMILES string of the molecule is COc1ccc(S(=O)(=O)Oc2ccccc2CN(C(=O)Nc2ccccc2OC)C2CC2)cc1. The van der Waals surface area contributed by atoms with Crippen molar-refractivity contribution in [3.05, 3.63) is 78.4 Å². The van der Waals surface area contributed by atoms with Crippen molar-refractivity contribution in [1.82, 2.24) is 4.90 Å². The molecular formula is C25H26N2O6S. The van der Waals surface area contributed by atoms with Gasteiger partial charge in [-0.05, 0) is 55.3 Å². The predicted octanol–water partition coefficient (Wildman–Crippen LogP) is 4.67. The quantitative estimate of drug-likeness (QED) is 0.446. The molecule has 0 unspecified atom stereocenters. The zero-order valence-corrected chi connectivity index (χ0v) is 19.7. The van der Waals surface area contributed by atoms with E-state index in [0.29, 0.717) is 22.7 Å². The number of hydrogen-bond acceptors (Lipinski definition) is 6. The van der Waals surface area contributed by atoms with Gasteiger partial charge >= 0.3 is 16.1 Å². The minimum Gasteiger partial charge on any atom is -0.497 e. The number of nitrogens with zero attached hydrogens (tertiary/aromatic N) is 1. The summed E-state index contributed by atoms with van der Waals surface area (Å²) < 4.78 is 41.6. The normalized spacial score (nSPS) is 13.1. The van der Waals surface area contributed by atoms with Crippen LogP contribution in [0.25, 0.3) is 0 Å². The van der Waals surface area contributed by atoms with Crippen molar-refractivity contribution in [3.63, 3.8) is 0 Å². The number of para-hydroxylation sites is 3. The molecule has 1 aliphatic rings. The van der Waals surface area contributed by atoms with E-state index >= 15 is 0 Å². The maximum atomic E-state index is 13.1. The van der Waals surface area contributed by atoms with E-state index in [1.54, 1.807) is 60.5 Å². The summed E-state index contributed by atoms with van der Waals surface area (Å²) in [6.45, 7) is 0.194. The van der Waals surface area contributed by atoms with Gasteiger partial charge in [-0.1, -0.05) is 30.3 Å². The fourth-order valence-corrected chi connectivity index (χ4v) is 4.46. The van der Waals surface area contributed by atoms with Crippen LogP contribution in [0.4, 0.5) is 10.5 Å². The van der Waals surface area contributed by atoms with Gasteiger partial charge in [0.05, 0.1) is 26.5 Å². The average molecular weight is 483 g/mol. The molecule has 34 heavy (non-hydrogen) atoms.